The number of nitrogens with zero attached hydrogens (tertiary/aromatic N) is 1. The predicted molar refractivity (Wildman–Crippen MR) is 57.5 cm³/mol. The molecule has 1 atom stereocenters. The van der Waals surface area contributed by atoms with Crippen LogP contribution in [0.25, 0.3) is 0 Å². The molecular formula is C12H13F2NO2. The zero-order chi connectivity index (χ0) is 12.4. The van der Waals surface area contributed by atoms with Gasteiger partial charge in [0.15, 0.2) is 11.6 Å². The van der Waals surface area contributed by atoms with Crippen LogP contribution in [0.1, 0.15) is 16.8 Å². The van der Waals surface area contributed by atoms with Gasteiger partial charge in [-0.1, -0.05) is 0 Å². The number of amides is 1. The largest absolute Gasteiger partial charge is 0.396 e. The zero-order valence-corrected chi connectivity index (χ0v) is 9.20. The molecule has 1 aliphatic rings. The van der Waals surface area contributed by atoms with Gasteiger partial charge in [-0.25, -0.2) is 8.78 Å². The summed E-state index contributed by atoms with van der Waals surface area (Å²) < 4.78 is 25.7. The minimum atomic E-state index is -1.02. The number of aliphatic hydroxyl groups is 1. The molecule has 17 heavy (non-hydrogen) atoms. The number of hydrogen-bond donors (Lipinski definition) is 1. The van der Waals surface area contributed by atoms with Crippen LogP contribution in [0.5, 0.6) is 0 Å². The van der Waals surface area contributed by atoms with E-state index in [0.717, 1.165) is 18.6 Å². The number of hydrogen-bond acceptors (Lipinski definition) is 2. The molecule has 1 amide bonds. The van der Waals surface area contributed by atoms with Crippen molar-refractivity contribution < 1.29 is 18.7 Å². The van der Waals surface area contributed by atoms with Crippen LogP contribution in [-0.2, 0) is 0 Å². The van der Waals surface area contributed by atoms with E-state index >= 15 is 0 Å². The van der Waals surface area contributed by atoms with Crippen molar-refractivity contribution in [2.24, 2.45) is 5.92 Å². The van der Waals surface area contributed by atoms with Crippen molar-refractivity contribution in [1.29, 1.82) is 0 Å². The Morgan fingerprint density at radius 2 is 2.18 bits per heavy atom. The fourth-order valence-corrected chi connectivity index (χ4v) is 1.98. The van der Waals surface area contributed by atoms with Crippen LogP contribution in [0.2, 0.25) is 0 Å². The minimum Gasteiger partial charge on any atom is -0.396 e. The van der Waals surface area contributed by atoms with Gasteiger partial charge in [-0.3, -0.25) is 4.79 Å². The Kier molecular flexibility index (Phi) is 3.38. The molecule has 1 aliphatic heterocycles. The maximum absolute atomic E-state index is 13.0. The topological polar surface area (TPSA) is 40.5 Å². The molecule has 1 unspecified atom stereocenters. The summed E-state index contributed by atoms with van der Waals surface area (Å²) >= 11 is 0. The Hall–Kier alpha value is -1.49. The summed E-state index contributed by atoms with van der Waals surface area (Å²) in [5.74, 6) is -2.21. The van der Waals surface area contributed by atoms with Crippen molar-refractivity contribution in [2.75, 3.05) is 19.7 Å². The molecule has 0 aliphatic carbocycles. The normalized spacial score (nSPS) is 19.7. The lowest BCUT2D eigenvalue weighted by Crippen LogP contribution is -2.29. The van der Waals surface area contributed by atoms with E-state index in [1.54, 1.807) is 4.90 Å². The Bertz CT molecular complexity index is 437. The molecule has 0 spiro atoms. The number of likely N-dealkylation sites (tertiary alicyclic amines) is 1. The summed E-state index contributed by atoms with van der Waals surface area (Å²) in [5, 5.41) is 8.97. The second kappa shape index (κ2) is 4.79. The molecule has 1 N–H and O–H groups in total. The molecule has 0 radical (unpaired) electrons. The Labute approximate surface area is 97.7 Å². The minimum absolute atomic E-state index is 0.0432. The molecule has 0 aromatic heterocycles. The fourth-order valence-electron chi connectivity index (χ4n) is 1.98. The molecule has 1 heterocycles. The van der Waals surface area contributed by atoms with Crippen molar-refractivity contribution in [2.45, 2.75) is 6.42 Å². The summed E-state index contributed by atoms with van der Waals surface area (Å²) in [6.07, 6.45) is 0.742. The maximum atomic E-state index is 13.0. The van der Waals surface area contributed by atoms with Gasteiger partial charge in [0.05, 0.1) is 0 Å². The van der Waals surface area contributed by atoms with Crippen molar-refractivity contribution >= 4 is 5.91 Å². The second-order valence-corrected chi connectivity index (χ2v) is 4.22. The molecule has 0 bridgehead atoms. The first-order chi connectivity index (χ1) is 8.11. The maximum Gasteiger partial charge on any atom is 0.253 e. The number of halogens is 2. The summed E-state index contributed by atoms with van der Waals surface area (Å²) in [6.45, 7) is 1.05. The lowest BCUT2D eigenvalue weighted by atomic mass is 10.1. The fraction of sp³-hybridized carbons (Fsp3) is 0.417. The quantitative estimate of drug-likeness (QED) is 0.850. The summed E-state index contributed by atoms with van der Waals surface area (Å²) in [7, 11) is 0. The number of carbonyl (C=O) groups excluding carboxylic acids is 1. The van der Waals surface area contributed by atoms with E-state index in [-0.39, 0.29) is 24.0 Å². The van der Waals surface area contributed by atoms with Crippen molar-refractivity contribution in [3.05, 3.63) is 35.4 Å². The van der Waals surface area contributed by atoms with Crippen LogP contribution in [-0.4, -0.2) is 35.6 Å². The van der Waals surface area contributed by atoms with Gasteiger partial charge in [0.2, 0.25) is 0 Å². The van der Waals surface area contributed by atoms with Crippen molar-refractivity contribution in [3.8, 4) is 0 Å². The summed E-state index contributed by atoms with van der Waals surface area (Å²) in [4.78, 5) is 13.5. The van der Waals surface area contributed by atoms with Crippen molar-refractivity contribution in [3.63, 3.8) is 0 Å². The first kappa shape index (κ1) is 12.0. The highest BCUT2D eigenvalue weighted by Gasteiger charge is 2.26. The standard InChI is InChI=1S/C12H13F2NO2/c13-10-2-1-9(5-11(10)14)12(17)15-4-3-8(6-15)7-16/h1-2,5,8,16H,3-4,6-7H2. The van der Waals surface area contributed by atoms with E-state index in [0.29, 0.717) is 13.1 Å². The number of benzene rings is 1. The first-order valence-electron chi connectivity index (χ1n) is 5.47. The number of aliphatic hydroxyl groups excluding tert-OH is 1. The van der Waals surface area contributed by atoms with Gasteiger partial charge in [-0.15, -0.1) is 0 Å². The summed E-state index contributed by atoms with van der Waals surface area (Å²) in [5.41, 5.74) is 0.141. The first-order valence-corrected chi connectivity index (χ1v) is 5.47. The van der Waals surface area contributed by atoms with Crippen LogP contribution in [0.4, 0.5) is 8.78 Å². The molecule has 92 valence electrons. The molecule has 1 saturated heterocycles. The highest BCUT2D eigenvalue weighted by Crippen LogP contribution is 2.19. The van der Waals surface area contributed by atoms with Crippen molar-refractivity contribution in [1.82, 2.24) is 4.90 Å². The highest BCUT2D eigenvalue weighted by atomic mass is 19.2. The van der Waals surface area contributed by atoms with Gasteiger partial charge in [-0.05, 0) is 24.6 Å². The highest BCUT2D eigenvalue weighted by molar-refractivity contribution is 5.94. The average Bonchev–Trinajstić information content (AvgIpc) is 2.80. The van der Waals surface area contributed by atoms with Crippen LogP contribution < -0.4 is 0 Å². The Morgan fingerprint density at radius 1 is 1.41 bits per heavy atom. The van der Waals surface area contributed by atoms with Gasteiger partial charge in [0.25, 0.3) is 5.91 Å². The Balaban J connectivity index is 2.12. The lowest BCUT2D eigenvalue weighted by molar-refractivity contribution is 0.0781. The van der Waals surface area contributed by atoms with E-state index in [9.17, 15) is 13.6 Å². The van der Waals surface area contributed by atoms with E-state index in [1.807, 2.05) is 0 Å². The van der Waals surface area contributed by atoms with E-state index in [1.165, 1.54) is 6.07 Å². The Morgan fingerprint density at radius 3 is 2.76 bits per heavy atom. The molecule has 3 nitrogen and oxygen atoms in total. The SMILES string of the molecule is O=C(c1ccc(F)c(F)c1)N1CCC(CO)C1. The van der Waals surface area contributed by atoms with Gasteiger partial charge in [-0.2, -0.15) is 0 Å². The van der Waals surface area contributed by atoms with Gasteiger partial charge in [0, 0.05) is 31.2 Å². The van der Waals surface area contributed by atoms with Crippen LogP contribution >= 0.6 is 0 Å². The number of carbonyl (C=O) groups is 1. The van der Waals surface area contributed by atoms with Crippen LogP contribution in [0.3, 0.4) is 0 Å². The third-order valence-corrected chi connectivity index (χ3v) is 3.00. The molecule has 1 fully saturated rings. The van der Waals surface area contributed by atoms with Gasteiger partial charge in [0.1, 0.15) is 0 Å². The van der Waals surface area contributed by atoms with Crippen LogP contribution in [0, 0.1) is 17.6 Å². The molecule has 5 heteroatoms. The summed E-state index contributed by atoms with van der Waals surface area (Å²) in [6, 6.07) is 3.12. The number of rotatable bonds is 2. The second-order valence-electron chi connectivity index (χ2n) is 4.22. The third-order valence-electron chi connectivity index (χ3n) is 3.00. The zero-order valence-electron chi connectivity index (χ0n) is 9.20. The molecular weight excluding hydrogens is 228 g/mol. The molecule has 1 aromatic rings. The molecule has 1 aromatic carbocycles. The predicted octanol–water partition coefficient (Wildman–Crippen LogP) is 1.42. The molecule has 0 saturated carbocycles. The third kappa shape index (κ3) is 2.44. The molecule has 2 rings (SSSR count). The van der Waals surface area contributed by atoms with E-state index in [2.05, 4.69) is 0 Å². The monoisotopic (exact) mass is 241 g/mol. The average molecular weight is 241 g/mol. The lowest BCUT2D eigenvalue weighted by Gasteiger charge is -2.16. The van der Waals surface area contributed by atoms with E-state index < -0.39 is 11.6 Å². The van der Waals surface area contributed by atoms with Crippen LogP contribution in [0.15, 0.2) is 18.2 Å². The smallest absolute Gasteiger partial charge is 0.253 e. The van der Waals surface area contributed by atoms with E-state index in [4.69, 9.17) is 5.11 Å². The van der Waals surface area contributed by atoms with Gasteiger partial charge < -0.3 is 10.0 Å². The van der Waals surface area contributed by atoms with Gasteiger partial charge >= 0.3 is 0 Å².